The second-order valence-electron chi connectivity index (χ2n) is 5.88. The van der Waals surface area contributed by atoms with Gasteiger partial charge in [0, 0.05) is 25.4 Å². The lowest BCUT2D eigenvalue weighted by Crippen LogP contribution is -2.29. The largest absolute Gasteiger partial charge is 0.387 e. The lowest BCUT2D eigenvalue weighted by molar-refractivity contribution is -0.131. The lowest BCUT2D eigenvalue weighted by atomic mass is 10.0. The quantitative estimate of drug-likeness (QED) is 0.902. The highest BCUT2D eigenvalue weighted by molar-refractivity contribution is 5.76. The van der Waals surface area contributed by atoms with Crippen molar-refractivity contribution >= 4 is 5.91 Å². The van der Waals surface area contributed by atoms with Crippen molar-refractivity contribution in [1.29, 1.82) is 0 Å². The molecule has 2 fully saturated rings. The summed E-state index contributed by atoms with van der Waals surface area (Å²) >= 11 is 0. The molecule has 0 spiro atoms. The van der Waals surface area contributed by atoms with Crippen molar-refractivity contribution in [3.8, 4) is 0 Å². The molecule has 0 aromatic carbocycles. The third-order valence-corrected chi connectivity index (χ3v) is 4.46. The molecular weight excluding hydrogens is 258 g/mol. The van der Waals surface area contributed by atoms with Crippen LogP contribution in [0.3, 0.4) is 0 Å². The van der Waals surface area contributed by atoms with Crippen LogP contribution < -0.4 is 0 Å². The number of hydrogen-bond acceptors (Lipinski definition) is 5. The minimum absolute atomic E-state index is 0.145. The number of carbonyl (C=O) groups excluding carboxylic acids is 1. The van der Waals surface area contributed by atoms with Crippen molar-refractivity contribution in [1.82, 2.24) is 15.0 Å². The number of carbonyl (C=O) groups is 1. The Morgan fingerprint density at radius 2 is 2.15 bits per heavy atom. The van der Waals surface area contributed by atoms with E-state index < -0.39 is 0 Å². The first kappa shape index (κ1) is 13.5. The van der Waals surface area contributed by atoms with Crippen molar-refractivity contribution in [3.63, 3.8) is 0 Å². The van der Waals surface area contributed by atoms with Gasteiger partial charge < -0.3 is 14.5 Å². The van der Waals surface area contributed by atoms with E-state index in [-0.39, 0.29) is 24.3 Å². The molecule has 1 atom stereocenters. The fourth-order valence-electron chi connectivity index (χ4n) is 3.29. The second kappa shape index (κ2) is 5.91. The molecule has 0 bridgehead atoms. The molecule has 1 aliphatic heterocycles. The number of amides is 1. The predicted octanol–water partition coefficient (Wildman–Crippen LogP) is 1.46. The Hall–Kier alpha value is -1.43. The number of nitrogens with zero attached hydrogens (tertiary/aromatic N) is 3. The molecule has 1 aliphatic carbocycles. The highest BCUT2D eigenvalue weighted by atomic mass is 16.5. The predicted molar refractivity (Wildman–Crippen MR) is 70.7 cm³/mol. The SMILES string of the molecule is O=C(CC1CCCC1)N1CCC(c2noc(CO)n2)C1. The van der Waals surface area contributed by atoms with Crippen LogP contribution in [0.1, 0.15) is 56.2 Å². The molecule has 1 unspecified atom stereocenters. The van der Waals surface area contributed by atoms with Crippen LogP contribution in [0.5, 0.6) is 0 Å². The molecule has 110 valence electrons. The van der Waals surface area contributed by atoms with Crippen molar-refractivity contribution in [2.75, 3.05) is 13.1 Å². The summed E-state index contributed by atoms with van der Waals surface area (Å²) in [6, 6.07) is 0. The average Bonchev–Trinajstić information content (AvgIpc) is 3.19. The van der Waals surface area contributed by atoms with Gasteiger partial charge in [0.15, 0.2) is 5.82 Å². The van der Waals surface area contributed by atoms with Gasteiger partial charge in [0.25, 0.3) is 5.89 Å². The summed E-state index contributed by atoms with van der Waals surface area (Å²) < 4.78 is 4.91. The lowest BCUT2D eigenvalue weighted by Gasteiger charge is -2.18. The Morgan fingerprint density at radius 3 is 2.85 bits per heavy atom. The summed E-state index contributed by atoms with van der Waals surface area (Å²) in [5, 5.41) is 12.8. The Morgan fingerprint density at radius 1 is 1.35 bits per heavy atom. The number of rotatable bonds is 4. The molecule has 1 amide bonds. The zero-order valence-electron chi connectivity index (χ0n) is 11.6. The molecule has 1 saturated heterocycles. The zero-order chi connectivity index (χ0) is 13.9. The molecule has 2 aliphatic rings. The normalized spacial score (nSPS) is 23.6. The molecule has 20 heavy (non-hydrogen) atoms. The van der Waals surface area contributed by atoms with Crippen LogP contribution in [0.2, 0.25) is 0 Å². The van der Waals surface area contributed by atoms with E-state index in [1.165, 1.54) is 25.7 Å². The van der Waals surface area contributed by atoms with Crippen LogP contribution in [0.15, 0.2) is 4.52 Å². The topological polar surface area (TPSA) is 79.5 Å². The Bertz CT molecular complexity index is 468. The van der Waals surface area contributed by atoms with Gasteiger partial charge in [-0.2, -0.15) is 4.98 Å². The van der Waals surface area contributed by atoms with Gasteiger partial charge in [-0.1, -0.05) is 18.0 Å². The fourth-order valence-corrected chi connectivity index (χ4v) is 3.29. The first-order chi connectivity index (χ1) is 9.76. The molecule has 3 rings (SSSR count). The summed E-state index contributed by atoms with van der Waals surface area (Å²) in [5.41, 5.74) is 0. The number of aliphatic hydroxyl groups is 1. The minimum Gasteiger partial charge on any atom is -0.387 e. The number of aliphatic hydroxyl groups excluding tert-OH is 1. The maximum Gasteiger partial charge on any atom is 0.252 e. The van der Waals surface area contributed by atoms with Crippen LogP contribution in [0.25, 0.3) is 0 Å². The second-order valence-corrected chi connectivity index (χ2v) is 5.88. The van der Waals surface area contributed by atoms with E-state index in [1.807, 2.05) is 4.90 Å². The third kappa shape index (κ3) is 2.85. The van der Waals surface area contributed by atoms with Crippen molar-refractivity contribution in [3.05, 3.63) is 11.7 Å². The highest BCUT2D eigenvalue weighted by Gasteiger charge is 2.31. The van der Waals surface area contributed by atoms with Crippen LogP contribution in [0.4, 0.5) is 0 Å². The van der Waals surface area contributed by atoms with Gasteiger partial charge in [-0.25, -0.2) is 0 Å². The van der Waals surface area contributed by atoms with Crippen LogP contribution in [-0.4, -0.2) is 39.1 Å². The van der Waals surface area contributed by atoms with Gasteiger partial charge in [0.05, 0.1) is 0 Å². The molecule has 2 heterocycles. The summed E-state index contributed by atoms with van der Waals surface area (Å²) in [6.45, 7) is 1.22. The maximum absolute atomic E-state index is 12.3. The molecule has 1 N–H and O–H groups in total. The molecule has 1 aromatic rings. The Kier molecular flexibility index (Phi) is 4.00. The first-order valence-corrected chi connectivity index (χ1v) is 7.47. The van der Waals surface area contributed by atoms with E-state index in [1.54, 1.807) is 0 Å². The molecule has 1 saturated carbocycles. The minimum atomic E-state index is -0.232. The van der Waals surface area contributed by atoms with Gasteiger partial charge in [-0.3, -0.25) is 4.79 Å². The van der Waals surface area contributed by atoms with E-state index >= 15 is 0 Å². The Balaban J connectivity index is 1.54. The number of hydrogen-bond donors (Lipinski definition) is 1. The van der Waals surface area contributed by atoms with Crippen LogP contribution in [0, 0.1) is 5.92 Å². The number of aromatic nitrogens is 2. The van der Waals surface area contributed by atoms with E-state index in [4.69, 9.17) is 9.63 Å². The summed E-state index contributed by atoms with van der Waals surface area (Å²) in [7, 11) is 0. The van der Waals surface area contributed by atoms with Gasteiger partial charge in [0.1, 0.15) is 6.61 Å². The van der Waals surface area contributed by atoms with E-state index in [2.05, 4.69) is 10.1 Å². The first-order valence-electron chi connectivity index (χ1n) is 7.47. The monoisotopic (exact) mass is 279 g/mol. The molecule has 6 nitrogen and oxygen atoms in total. The average molecular weight is 279 g/mol. The van der Waals surface area contributed by atoms with Gasteiger partial charge in [-0.15, -0.1) is 0 Å². The summed E-state index contributed by atoms with van der Waals surface area (Å²) in [4.78, 5) is 18.3. The Labute approximate surface area is 118 Å². The highest BCUT2D eigenvalue weighted by Crippen LogP contribution is 2.30. The number of likely N-dealkylation sites (tertiary alicyclic amines) is 1. The zero-order valence-corrected chi connectivity index (χ0v) is 11.6. The van der Waals surface area contributed by atoms with E-state index in [0.29, 0.717) is 24.7 Å². The molecule has 1 aromatic heterocycles. The van der Waals surface area contributed by atoms with Crippen molar-refractivity contribution in [2.24, 2.45) is 5.92 Å². The van der Waals surface area contributed by atoms with E-state index in [9.17, 15) is 4.79 Å². The fraction of sp³-hybridized carbons (Fsp3) is 0.786. The molecular formula is C14H21N3O3. The summed E-state index contributed by atoms with van der Waals surface area (Å²) in [6.07, 6.45) is 6.52. The van der Waals surface area contributed by atoms with Crippen LogP contribution >= 0.6 is 0 Å². The standard InChI is InChI=1S/C14H21N3O3/c18-9-12-15-14(16-20-12)11-5-6-17(8-11)13(19)7-10-3-1-2-4-10/h10-11,18H,1-9H2. The van der Waals surface area contributed by atoms with Crippen molar-refractivity contribution in [2.45, 2.75) is 51.0 Å². The maximum atomic E-state index is 12.3. The third-order valence-electron chi connectivity index (χ3n) is 4.46. The van der Waals surface area contributed by atoms with Crippen molar-refractivity contribution < 1.29 is 14.4 Å². The molecule has 6 heteroatoms. The van der Waals surface area contributed by atoms with E-state index in [0.717, 1.165) is 13.0 Å². The van der Waals surface area contributed by atoms with Crippen LogP contribution in [-0.2, 0) is 11.4 Å². The molecule has 0 radical (unpaired) electrons. The van der Waals surface area contributed by atoms with Gasteiger partial charge in [0.2, 0.25) is 5.91 Å². The smallest absolute Gasteiger partial charge is 0.252 e. The van der Waals surface area contributed by atoms with Gasteiger partial charge in [-0.05, 0) is 25.2 Å². The summed E-state index contributed by atoms with van der Waals surface area (Å²) in [5.74, 6) is 1.87. The van der Waals surface area contributed by atoms with Gasteiger partial charge >= 0.3 is 0 Å².